The molecule has 1 heterocycles. The number of β-amino-alcohol motifs (C(OH)–C–C–N with tert-alkyl or cyclic N) is 2. The van der Waals surface area contributed by atoms with Crippen LogP contribution in [-0.2, 0) is 6.54 Å². The predicted octanol–water partition coefficient (Wildman–Crippen LogP) is 0.635. The van der Waals surface area contributed by atoms with Crippen molar-refractivity contribution in [3.8, 4) is 0 Å². The van der Waals surface area contributed by atoms with Crippen LogP contribution in [0.25, 0.3) is 0 Å². The van der Waals surface area contributed by atoms with Crippen LogP contribution in [0.15, 0.2) is 24.3 Å². The summed E-state index contributed by atoms with van der Waals surface area (Å²) >= 11 is 0. The first-order valence-corrected chi connectivity index (χ1v) is 6.56. The van der Waals surface area contributed by atoms with Crippen molar-refractivity contribution in [1.82, 2.24) is 4.90 Å². The van der Waals surface area contributed by atoms with E-state index in [-0.39, 0.29) is 6.10 Å². The van der Waals surface area contributed by atoms with Gasteiger partial charge in [-0.2, -0.15) is 0 Å². The van der Waals surface area contributed by atoms with E-state index in [0.717, 1.165) is 30.5 Å². The Bertz CT molecular complexity index is 367. The molecule has 100 valence electrons. The number of aliphatic hydroxyl groups excluding tert-OH is 2. The lowest BCUT2D eigenvalue weighted by atomic mass is 10.0. The van der Waals surface area contributed by atoms with Crippen molar-refractivity contribution in [1.29, 1.82) is 0 Å². The van der Waals surface area contributed by atoms with E-state index in [2.05, 4.69) is 4.90 Å². The lowest BCUT2D eigenvalue weighted by Crippen LogP contribution is -2.40. The van der Waals surface area contributed by atoms with Crippen molar-refractivity contribution in [3.63, 3.8) is 0 Å². The summed E-state index contributed by atoms with van der Waals surface area (Å²) in [7, 11) is 0. The molecule has 1 aromatic rings. The predicted molar refractivity (Wildman–Crippen MR) is 71.0 cm³/mol. The zero-order valence-electron chi connectivity index (χ0n) is 10.6. The molecule has 0 spiro atoms. The Balaban J connectivity index is 1.91. The highest BCUT2D eigenvalue weighted by Crippen LogP contribution is 2.18. The van der Waals surface area contributed by atoms with Gasteiger partial charge in [0.15, 0.2) is 0 Å². The van der Waals surface area contributed by atoms with Crippen LogP contribution in [0.2, 0.25) is 0 Å². The zero-order chi connectivity index (χ0) is 13.0. The van der Waals surface area contributed by atoms with Gasteiger partial charge in [-0.1, -0.05) is 24.3 Å². The molecule has 4 heteroatoms. The first-order chi connectivity index (χ1) is 8.69. The number of likely N-dealkylation sites (tertiary alicyclic amines) is 1. The second-order valence-electron chi connectivity index (χ2n) is 5.02. The summed E-state index contributed by atoms with van der Waals surface area (Å²) in [6, 6.07) is 7.74. The molecule has 0 saturated carbocycles. The van der Waals surface area contributed by atoms with Crippen LogP contribution in [0, 0.1) is 0 Å². The summed E-state index contributed by atoms with van der Waals surface area (Å²) in [6.07, 6.45) is 1.13. The largest absolute Gasteiger partial charge is 0.392 e. The van der Waals surface area contributed by atoms with E-state index in [0.29, 0.717) is 19.6 Å². The Morgan fingerprint density at radius 1 is 1.33 bits per heavy atom. The van der Waals surface area contributed by atoms with Gasteiger partial charge in [0.05, 0.1) is 12.2 Å². The molecular weight excluding hydrogens is 228 g/mol. The Morgan fingerprint density at radius 2 is 2.06 bits per heavy atom. The minimum absolute atomic E-state index is 0.245. The molecule has 1 aromatic carbocycles. The average molecular weight is 250 g/mol. The minimum atomic E-state index is -0.498. The van der Waals surface area contributed by atoms with Crippen LogP contribution in [0.4, 0.5) is 0 Å². The minimum Gasteiger partial charge on any atom is -0.392 e. The van der Waals surface area contributed by atoms with Crippen molar-refractivity contribution < 1.29 is 10.2 Å². The van der Waals surface area contributed by atoms with Gasteiger partial charge in [-0.25, -0.2) is 0 Å². The molecule has 1 fully saturated rings. The van der Waals surface area contributed by atoms with Gasteiger partial charge in [-0.3, -0.25) is 4.90 Å². The van der Waals surface area contributed by atoms with Gasteiger partial charge < -0.3 is 15.9 Å². The van der Waals surface area contributed by atoms with E-state index < -0.39 is 6.10 Å². The number of aliphatic hydroxyl groups is 2. The first kappa shape index (κ1) is 13.5. The van der Waals surface area contributed by atoms with Crippen LogP contribution in [0.5, 0.6) is 0 Å². The van der Waals surface area contributed by atoms with Gasteiger partial charge in [0.2, 0.25) is 0 Å². The SMILES string of the molecule is NCc1ccc(C(O)CN2CCCC(O)C2)cc1. The molecular formula is C14H22N2O2. The van der Waals surface area contributed by atoms with E-state index in [9.17, 15) is 10.2 Å². The third-order valence-electron chi connectivity index (χ3n) is 3.51. The van der Waals surface area contributed by atoms with Crippen LogP contribution in [0.1, 0.15) is 30.1 Å². The maximum Gasteiger partial charge on any atom is 0.0916 e. The summed E-state index contributed by atoms with van der Waals surface area (Å²) in [4.78, 5) is 2.12. The Morgan fingerprint density at radius 3 is 2.67 bits per heavy atom. The van der Waals surface area contributed by atoms with E-state index in [1.165, 1.54) is 0 Å². The van der Waals surface area contributed by atoms with Crippen molar-refractivity contribution in [2.75, 3.05) is 19.6 Å². The summed E-state index contributed by atoms with van der Waals surface area (Å²) in [5, 5.41) is 19.8. The highest BCUT2D eigenvalue weighted by atomic mass is 16.3. The monoisotopic (exact) mass is 250 g/mol. The molecule has 4 nitrogen and oxygen atoms in total. The molecule has 0 aliphatic carbocycles. The molecule has 4 N–H and O–H groups in total. The van der Waals surface area contributed by atoms with E-state index in [4.69, 9.17) is 5.73 Å². The quantitative estimate of drug-likeness (QED) is 0.733. The third kappa shape index (κ3) is 3.53. The molecule has 2 unspecified atom stereocenters. The second kappa shape index (κ2) is 6.29. The number of nitrogens with two attached hydrogens (primary N) is 1. The van der Waals surface area contributed by atoms with E-state index >= 15 is 0 Å². The molecule has 0 bridgehead atoms. The number of benzene rings is 1. The fourth-order valence-electron chi connectivity index (χ4n) is 2.42. The summed E-state index contributed by atoms with van der Waals surface area (Å²) < 4.78 is 0. The maximum atomic E-state index is 10.2. The number of hydrogen-bond acceptors (Lipinski definition) is 4. The Hall–Kier alpha value is -0.940. The standard InChI is InChI=1S/C14H22N2O2/c15-8-11-3-5-12(6-4-11)14(18)10-16-7-1-2-13(17)9-16/h3-6,13-14,17-18H,1-2,7-10,15H2. The number of nitrogens with zero attached hydrogens (tertiary/aromatic N) is 1. The molecule has 18 heavy (non-hydrogen) atoms. The van der Waals surface area contributed by atoms with Crippen molar-refractivity contribution in [3.05, 3.63) is 35.4 Å². The van der Waals surface area contributed by atoms with Gasteiger partial charge in [0, 0.05) is 19.6 Å². The third-order valence-corrected chi connectivity index (χ3v) is 3.51. The van der Waals surface area contributed by atoms with Crippen LogP contribution >= 0.6 is 0 Å². The van der Waals surface area contributed by atoms with Crippen molar-refractivity contribution in [2.45, 2.75) is 31.6 Å². The van der Waals surface area contributed by atoms with E-state index in [1.54, 1.807) is 0 Å². The Labute approximate surface area is 108 Å². The molecule has 0 radical (unpaired) electrons. The van der Waals surface area contributed by atoms with E-state index in [1.807, 2.05) is 24.3 Å². The molecule has 1 saturated heterocycles. The highest BCUT2D eigenvalue weighted by Gasteiger charge is 2.20. The molecule has 2 rings (SSSR count). The lowest BCUT2D eigenvalue weighted by molar-refractivity contribution is 0.0392. The molecule has 0 aromatic heterocycles. The molecule has 0 amide bonds. The summed E-state index contributed by atoms with van der Waals surface area (Å²) in [5.41, 5.74) is 7.52. The fourth-order valence-corrected chi connectivity index (χ4v) is 2.42. The number of piperidine rings is 1. The van der Waals surface area contributed by atoms with Crippen LogP contribution in [0.3, 0.4) is 0 Å². The normalized spacial score (nSPS) is 22.9. The number of rotatable bonds is 4. The topological polar surface area (TPSA) is 69.7 Å². The second-order valence-corrected chi connectivity index (χ2v) is 5.02. The molecule has 1 aliphatic heterocycles. The average Bonchev–Trinajstić information content (AvgIpc) is 2.39. The van der Waals surface area contributed by atoms with Crippen LogP contribution < -0.4 is 5.73 Å². The van der Waals surface area contributed by atoms with Gasteiger partial charge in [0.1, 0.15) is 0 Å². The van der Waals surface area contributed by atoms with Crippen LogP contribution in [-0.4, -0.2) is 40.9 Å². The van der Waals surface area contributed by atoms with Gasteiger partial charge >= 0.3 is 0 Å². The molecule has 1 aliphatic rings. The Kier molecular flexibility index (Phi) is 4.72. The molecule has 2 atom stereocenters. The van der Waals surface area contributed by atoms with Crippen molar-refractivity contribution >= 4 is 0 Å². The van der Waals surface area contributed by atoms with Crippen molar-refractivity contribution in [2.24, 2.45) is 5.73 Å². The van der Waals surface area contributed by atoms with Gasteiger partial charge in [-0.15, -0.1) is 0 Å². The van der Waals surface area contributed by atoms with Gasteiger partial charge in [-0.05, 0) is 30.5 Å². The summed E-state index contributed by atoms with van der Waals surface area (Å²) in [6.45, 7) is 2.72. The fraction of sp³-hybridized carbons (Fsp3) is 0.571. The smallest absolute Gasteiger partial charge is 0.0916 e. The number of hydrogen-bond donors (Lipinski definition) is 3. The first-order valence-electron chi connectivity index (χ1n) is 6.56. The summed E-state index contributed by atoms with van der Waals surface area (Å²) in [5.74, 6) is 0. The lowest BCUT2D eigenvalue weighted by Gasteiger charge is -2.31. The maximum absolute atomic E-state index is 10.2. The highest BCUT2D eigenvalue weighted by molar-refractivity contribution is 5.24. The van der Waals surface area contributed by atoms with Gasteiger partial charge in [0.25, 0.3) is 0 Å². The zero-order valence-corrected chi connectivity index (χ0v) is 10.6.